The first kappa shape index (κ1) is 15.9. The van der Waals surface area contributed by atoms with Crippen molar-refractivity contribution in [1.29, 1.82) is 0 Å². The lowest BCUT2D eigenvalue weighted by Crippen LogP contribution is -2.24. The highest BCUT2D eigenvalue weighted by atomic mass is 79.9. The fraction of sp³-hybridized carbons (Fsp3) is 0.625. The molecule has 0 bridgehead atoms. The van der Waals surface area contributed by atoms with Gasteiger partial charge in [-0.3, -0.25) is 0 Å². The first-order valence-corrected chi connectivity index (χ1v) is 8.02. The lowest BCUT2D eigenvalue weighted by Gasteiger charge is -2.33. The van der Waals surface area contributed by atoms with E-state index in [0.29, 0.717) is 11.8 Å². The van der Waals surface area contributed by atoms with Gasteiger partial charge in [-0.2, -0.15) is 0 Å². The van der Waals surface area contributed by atoms with Crippen LogP contribution in [-0.4, -0.2) is 5.11 Å². The first-order valence-electron chi connectivity index (χ1n) is 7.23. The average molecular weight is 347 g/mol. The Labute approximate surface area is 127 Å². The van der Waals surface area contributed by atoms with Crippen LogP contribution in [0.25, 0.3) is 0 Å². The maximum Gasteiger partial charge on any atom is 0.146 e. The lowest BCUT2D eigenvalue weighted by molar-refractivity contribution is 0.0611. The molecule has 1 fully saturated rings. The molecule has 1 aliphatic carbocycles. The molecule has 0 aliphatic heterocycles. The van der Waals surface area contributed by atoms with E-state index in [4.69, 9.17) is 0 Å². The zero-order valence-electron chi connectivity index (χ0n) is 11.9. The second-order valence-corrected chi connectivity index (χ2v) is 6.97. The van der Waals surface area contributed by atoms with Crippen molar-refractivity contribution in [2.75, 3.05) is 0 Å². The van der Waals surface area contributed by atoms with E-state index in [0.717, 1.165) is 25.7 Å². The smallest absolute Gasteiger partial charge is 0.146 e. The topological polar surface area (TPSA) is 20.2 Å². The van der Waals surface area contributed by atoms with Gasteiger partial charge in [0.1, 0.15) is 11.6 Å². The molecule has 0 saturated heterocycles. The highest BCUT2D eigenvalue weighted by Crippen LogP contribution is 2.41. The Kier molecular flexibility index (Phi) is 5.19. The molecule has 1 aromatic rings. The van der Waals surface area contributed by atoms with Gasteiger partial charge in [-0.1, -0.05) is 13.8 Å². The molecule has 4 heteroatoms. The summed E-state index contributed by atoms with van der Waals surface area (Å²) >= 11 is 3.05. The number of aliphatic hydroxyl groups is 1. The molecule has 1 atom stereocenters. The molecule has 0 radical (unpaired) electrons. The molecule has 1 nitrogen and oxygen atoms in total. The van der Waals surface area contributed by atoms with E-state index in [9.17, 15) is 13.9 Å². The Balaban J connectivity index is 2.13. The predicted octanol–water partition coefficient (Wildman–Crippen LogP) is 5.22. The summed E-state index contributed by atoms with van der Waals surface area (Å²) in [6, 6.07) is 2.53. The van der Waals surface area contributed by atoms with Gasteiger partial charge in [0.15, 0.2) is 0 Å². The highest BCUT2D eigenvalue weighted by molar-refractivity contribution is 9.10. The van der Waals surface area contributed by atoms with Gasteiger partial charge in [0, 0.05) is 0 Å². The maximum atomic E-state index is 14.0. The van der Waals surface area contributed by atoms with Gasteiger partial charge >= 0.3 is 0 Å². The second-order valence-electron chi connectivity index (χ2n) is 6.12. The lowest BCUT2D eigenvalue weighted by atomic mass is 9.74. The van der Waals surface area contributed by atoms with Gasteiger partial charge in [0.25, 0.3) is 0 Å². The Morgan fingerprint density at radius 1 is 1.10 bits per heavy atom. The molecule has 1 saturated carbocycles. The van der Waals surface area contributed by atoms with E-state index in [1.54, 1.807) is 0 Å². The third-order valence-corrected chi connectivity index (χ3v) is 5.19. The summed E-state index contributed by atoms with van der Waals surface area (Å²) in [5, 5.41) is 10.4. The average Bonchev–Trinajstić information content (AvgIpc) is 2.43. The summed E-state index contributed by atoms with van der Waals surface area (Å²) in [5.74, 6) is -0.0981. The zero-order chi connectivity index (χ0) is 14.9. The van der Waals surface area contributed by atoms with Crippen molar-refractivity contribution in [2.45, 2.75) is 45.6 Å². The summed E-state index contributed by atoms with van der Waals surface area (Å²) in [6.07, 6.45) is 2.65. The number of benzene rings is 1. The summed E-state index contributed by atoms with van der Waals surface area (Å²) < 4.78 is 28.0. The molecule has 0 heterocycles. The van der Waals surface area contributed by atoms with E-state index in [2.05, 4.69) is 29.8 Å². The molecule has 112 valence electrons. The Hall–Kier alpha value is -0.480. The van der Waals surface area contributed by atoms with Crippen LogP contribution in [0.5, 0.6) is 0 Å². The van der Waals surface area contributed by atoms with Crippen molar-refractivity contribution in [3.05, 3.63) is 33.8 Å². The summed E-state index contributed by atoms with van der Waals surface area (Å²) in [6.45, 7) is 4.41. The Morgan fingerprint density at radius 2 is 1.65 bits per heavy atom. The molecule has 1 aliphatic rings. The van der Waals surface area contributed by atoms with Gasteiger partial charge in [0.2, 0.25) is 0 Å². The molecule has 1 unspecified atom stereocenters. The van der Waals surface area contributed by atoms with Crippen LogP contribution in [0.4, 0.5) is 8.78 Å². The van der Waals surface area contributed by atoms with Crippen LogP contribution in [0.15, 0.2) is 16.6 Å². The van der Waals surface area contributed by atoms with Crippen molar-refractivity contribution in [3.63, 3.8) is 0 Å². The maximum absolute atomic E-state index is 14.0. The molecule has 1 aromatic carbocycles. The Morgan fingerprint density at radius 3 is 2.20 bits per heavy atom. The quantitative estimate of drug-likeness (QED) is 0.743. The fourth-order valence-electron chi connectivity index (χ4n) is 3.18. The van der Waals surface area contributed by atoms with E-state index in [1.165, 1.54) is 12.1 Å². The van der Waals surface area contributed by atoms with E-state index in [-0.39, 0.29) is 16.0 Å². The van der Waals surface area contributed by atoms with Crippen LogP contribution in [-0.2, 0) is 0 Å². The third-order valence-electron chi connectivity index (χ3n) is 4.58. The van der Waals surface area contributed by atoms with E-state index >= 15 is 0 Å². The first-order chi connectivity index (χ1) is 9.41. The molecule has 0 spiro atoms. The standard InChI is InChI=1S/C16H21BrF2O/c1-9(2)10-3-5-11(6-4-10)16(20)14-13(18)8-7-12(17)15(14)19/h7-11,16,20H,3-6H2,1-2H3. The van der Waals surface area contributed by atoms with Crippen LogP contribution < -0.4 is 0 Å². The third kappa shape index (κ3) is 3.22. The van der Waals surface area contributed by atoms with Crippen LogP contribution in [0.1, 0.15) is 51.2 Å². The van der Waals surface area contributed by atoms with Crippen molar-refractivity contribution >= 4 is 15.9 Å². The number of rotatable bonds is 3. The van der Waals surface area contributed by atoms with Gasteiger partial charge in [-0.15, -0.1) is 0 Å². The van der Waals surface area contributed by atoms with Crippen LogP contribution >= 0.6 is 15.9 Å². The monoisotopic (exact) mass is 346 g/mol. The van der Waals surface area contributed by atoms with Crippen LogP contribution in [0.3, 0.4) is 0 Å². The normalized spacial score (nSPS) is 24.9. The van der Waals surface area contributed by atoms with Crippen LogP contribution in [0, 0.1) is 29.4 Å². The van der Waals surface area contributed by atoms with Crippen molar-refractivity contribution in [3.8, 4) is 0 Å². The van der Waals surface area contributed by atoms with Crippen molar-refractivity contribution < 1.29 is 13.9 Å². The number of hydrogen-bond acceptors (Lipinski definition) is 1. The molecule has 0 amide bonds. The number of halogens is 3. The molecule has 20 heavy (non-hydrogen) atoms. The SMILES string of the molecule is CC(C)C1CCC(C(O)c2c(F)ccc(Br)c2F)CC1. The van der Waals surface area contributed by atoms with E-state index in [1.807, 2.05) is 0 Å². The minimum absolute atomic E-state index is 0.0525. The second kappa shape index (κ2) is 6.52. The highest BCUT2D eigenvalue weighted by Gasteiger charge is 2.31. The summed E-state index contributed by atoms with van der Waals surface area (Å²) in [4.78, 5) is 0. The van der Waals surface area contributed by atoms with Gasteiger partial charge in [-0.25, -0.2) is 8.78 Å². The largest absolute Gasteiger partial charge is 0.388 e. The van der Waals surface area contributed by atoms with Gasteiger partial charge in [0.05, 0.1) is 16.1 Å². The predicted molar refractivity (Wildman–Crippen MR) is 79.3 cm³/mol. The minimum Gasteiger partial charge on any atom is -0.388 e. The Bertz CT molecular complexity index is 468. The molecular formula is C16H21BrF2O. The van der Waals surface area contributed by atoms with Gasteiger partial charge < -0.3 is 5.11 Å². The zero-order valence-corrected chi connectivity index (χ0v) is 13.5. The number of hydrogen-bond donors (Lipinski definition) is 1. The van der Waals surface area contributed by atoms with E-state index < -0.39 is 17.7 Å². The number of aliphatic hydroxyl groups excluding tert-OH is 1. The van der Waals surface area contributed by atoms with Crippen molar-refractivity contribution in [1.82, 2.24) is 0 Å². The van der Waals surface area contributed by atoms with Gasteiger partial charge in [-0.05, 0) is 71.5 Å². The molecule has 1 N–H and O–H groups in total. The molecule has 0 aromatic heterocycles. The summed E-state index contributed by atoms with van der Waals surface area (Å²) in [7, 11) is 0. The molecule has 2 rings (SSSR count). The summed E-state index contributed by atoms with van der Waals surface area (Å²) in [5.41, 5.74) is -0.188. The minimum atomic E-state index is -1.05. The van der Waals surface area contributed by atoms with Crippen LogP contribution in [0.2, 0.25) is 0 Å². The van der Waals surface area contributed by atoms with Crippen molar-refractivity contribution in [2.24, 2.45) is 17.8 Å². The molecular weight excluding hydrogens is 326 g/mol. The fourth-order valence-corrected chi connectivity index (χ4v) is 3.52.